The van der Waals surface area contributed by atoms with Gasteiger partial charge in [0.25, 0.3) is 0 Å². The van der Waals surface area contributed by atoms with Crippen LogP contribution in [0.2, 0.25) is 0 Å². The van der Waals surface area contributed by atoms with Crippen molar-refractivity contribution in [2.75, 3.05) is 0 Å². The molecule has 13 heavy (non-hydrogen) atoms. The van der Waals surface area contributed by atoms with Gasteiger partial charge in [0, 0.05) is 0 Å². The Balaban J connectivity index is 1.80. The van der Waals surface area contributed by atoms with Crippen molar-refractivity contribution in [1.29, 1.82) is 0 Å². The smallest absolute Gasteiger partial charge is 0.0317 e. The van der Waals surface area contributed by atoms with Gasteiger partial charge in [0.1, 0.15) is 0 Å². The minimum absolute atomic E-state index is 1.08. The summed E-state index contributed by atoms with van der Waals surface area (Å²) in [4.78, 5) is 0. The molecular formula is C13H20. The molecule has 3 aliphatic carbocycles. The Labute approximate surface area is 81.4 Å². The zero-order chi connectivity index (χ0) is 8.67. The van der Waals surface area contributed by atoms with E-state index in [1.807, 2.05) is 0 Å². The molecule has 0 aromatic heterocycles. The Kier molecular flexibility index (Phi) is 1.96. The molecule has 0 bridgehead atoms. The van der Waals surface area contributed by atoms with Crippen LogP contribution in [0.5, 0.6) is 0 Å². The Morgan fingerprint density at radius 3 is 2.62 bits per heavy atom. The van der Waals surface area contributed by atoms with Crippen LogP contribution >= 0.6 is 0 Å². The molecule has 72 valence electrons. The first-order chi connectivity index (χ1) is 6.45. The number of fused-ring (bicyclic) bond motifs is 3. The molecule has 0 aromatic carbocycles. The summed E-state index contributed by atoms with van der Waals surface area (Å²) in [6, 6.07) is 0. The van der Waals surface area contributed by atoms with Crippen LogP contribution in [-0.4, -0.2) is 0 Å². The van der Waals surface area contributed by atoms with Gasteiger partial charge in [-0.25, -0.2) is 0 Å². The summed E-state index contributed by atoms with van der Waals surface area (Å²) in [5.41, 5.74) is 0. The van der Waals surface area contributed by atoms with E-state index in [2.05, 4.69) is 12.2 Å². The van der Waals surface area contributed by atoms with Gasteiger partial charge in [-0.1, -0.05) is 31.4 Å². The minimum Gasteiger partial charge on any atom is -0.0882 e. The second-order valence-corrected chi connectivity index (χ2v) is 5.31. The third-order valence-electron chi connectivity index (χ3n) is 4.74. The van der Waals surface area contributed by atoms with E-state index < -0.39 is 0 Å². The number of hydrogen-bond donors (Lipinski definition) is 0. The van der Waals surface area contributed by atoms with E-state index in [0.717, 1.165) is 23.7 Å². The third-order valence-corrected chi connectivity index (χ3v) is 4.74. The van der Waals surface area contributed by atoms with Gasteiger partial charge < -0.3 is 0 Å². The summed E-state index contributed by atoms with van der Waals surface area (Å²) in [5, 5.41) is 0. The van der Waals surface area contributed by atoms with Gasteiger partial charge in [-0.2, -0.15) is 0 Å². The summed E-state index contributed by atoms with van der Waals surface area (Å²) in [6.45, 7) is 0. The maximum atomic E-state index is 2.44. The highest BCUT2D eigenvalue weighted by molar-refractivity contribution is 5.02. The topological polar surface area (TPSA) is 0 Å². The molecule has 4 unspecified atom stereocenters. The predicted molar refractivity (Wildman–Crippen MR) is 55.4 cm³/mol. The maximum absolute atomic E-state index is 2.44. The van der Waals surface area contributed by atoms with Crippen molar-refractivity contribution < 1.29 is 0 Å². The van der Waals surface area contributed by atoms with Gasteiger partial charge in [0.15, 0.2) is 0 Å². The van der Waals surface area contributed by atoms with Gasteiger partial charge in [0.2, 0.25) is 0 Å². The molecule has 0 heterocycles. The molecule has 0 N–H and O–H groups in total. The molecule has 0 spiro atoms. The van der Waals surface area contributed by atoms with E-state index in [0.29, 0.717) is 0 Å². The van der Waals surface area contributed by atoms with Crippen molar-refractivity contribution in [3.8, 4) is 0 Å². The first kappa shape index (κ1) is 8.08. The molecule has 0 aliphatic heterocycles. The van der Waals surface area contributed by atoms with Crippen LogP contribution in [0.3, 0.4) is 0 Å². The molecule has 0 saturated heterocycles. The zero-order valence-corrected chi connectivity index (χ0v) is 8.41. The molecule has 3 rings (SSSR count). The maximum Gasteiger partial charge on any atom is -0.0317 e. The summed E-state index contributed by atoms with van der Waals surface area (Å²) in [5.74, 6) is 4.43. The Morgan fingerprint density at radius 1 is 0.769 bits per heavy atom. The van der Waals surface area contributed by atoms with Gasteiger partial charge >= 0.3 is 0 Å². The monoisotopic (exact) mass is 176 g/mol. The molecule has 2 saturated carbocycles. The molecule has 4 atom stereocenters. The molecule has 3 aliphatic rings. The van der Waals surface area contributed by atoms with Crippen LogP contribution in [0.25, 0.3) is 0 Å². The van der Waals surface area contributed by atoms with Crippen LogP contribution in [0.1, 0.15) is 44.9 Å². The average Bonchev–Trinajstić information content (AvgIpc) is 2.56. The van der Waals surface area contributed by atoms with Crippen LogP contribution < -0.4 is 0 Å². The first-order valence-corrected chi connectivity index (χ1v) is 6.10. The molecular weight excluding hydrogens is 156 g/mol. The Hall–Kier alpha value is -0.260. The van der Waals surface area contributed by atoms with E-state index in [-0.39, 0.29) is 0 Å². The summed E-state index contributed by atoms with van der Waals surface area (Å²) >= 11 is 0. The highest BCUT2D eigenvalue weighted by Gasteiger charge is 2.43. The fourth-order valence-electron chi connectivity index (χ4n) is 4.17. The fourth-order valence-corrected chi connectivity index (χ4v) is 4.17. The lowest BCUT2D eigenvalue weighted by molar-refractivity contribution is 0.216. The summed E-state index contributed by atoms with van der Waals surface area (Å²) in [7, 11) is 0. The molecule has 0 nitrogen and oxygen atoms in total. The molecule has 0 radical (unpaired) electrons. The summed E-state index contributed by atoms with van der Waals surface area (Å²) < 4.78 is 0. The standard InChI is InChI=1S/C13H20/c1-3-7-12-10(5-1)9-11-6-2-4-8-13(11)12/h1,3,10-13H,2,4-9H2. The van der Waals surface area contributed by atoms with E-state index >= 15 is 0 Å². The van der Waals surface area contributed by atoms with Crippen molar-refractivity contribution in [3.05, 3.63) is 12.2 Å². The van der Waals surface area contributed by atoms with Crippen LogP contribution in [0, 0.1) is 23.7 Å². The molecule has 2 fully saturated rings. The van der Waals surface area contributed by atoms with Crippen molar-refractivity contribution in [2.45, 2.75) is 44.9 Å². The first-order valence-electron chi connectivity index (χ1n) is 6.10. The van der Waals surface area contributed by atoms with Gasteiger partial charge in [-0.15, -0.1) is 0 Å². The zero-order valence-electron chi connectivity index (χ0n) is 8.41. The van der Waals surface area contributed by atoms with E-state index in [4.69, 9.17) is 0 Å². The lowest BCUT2D eigenvalue weighted by Gasteiger charge is -2.30. The van der Waals surface area contributed by atoms with Gasteiger partial charge in [-0.3, -0.25) is 0 Å². The van der Waals surface area contributed by atoms with Crippen molar-refractivity contribution >= 4 is 0 Å². The SMILES string of the molecule is C1=CCC2C(C1)CC1CCCCC12. The largest absolute Gasteiger partial charge is 0.0882 e. The van der Waals surface area contributed by atoms with Crippen molar-refractivity contribution in [2.24, 2.45) is 23.7 Å². The van der Waals surface area contributed by atoms with Crippen LogP contribution in [0.15, 0.2) is 12.2 Å². The third kappa shape index (κ3) is 1.26. The van der Waals surface area contributed by atoms with Crippen molar-refractivity contribution in [3.63, 3.8) is 0 Å². The van der Waals surface area contributed by atoms with E-state index in [9.17, 15) is 0 Å². The van der Waals surface area contributed by atoms with Crippen LogP contribution in [-0.2, 0) is 0 Å². The highest BCUT2D eigenvalue weighted by Crippen LogP contribution is 2.52. The van der Waals surface area contributed by atoms with E-state index in [1.165, 1.54) is 25.7 Å². The normalized spacial score (nSPS) is 48.6. The van der Waals surface area contributed by atoms with E-state index in [1.54, 1.807) is 19.3 Å². The Morgan fingerprint density at radius 2 is 1.62 bits per heavy atom. The lowest BCUT2D eigenvalue weighted by Crippen LogP contribution is -2.21. The molecule has 0 amide bonds. The number of rotatable bonds is 0. The van der Waals surface area contributed by atoms with Gasteiger partial charge in [0.05, 0.1) is 0 Å². The highest BCUT2D eigenvalue weighted by atomic mass is 14.5. The molecule has 0 aromatic rings. The predicted octanol–water partition coefficient (Wildman–Crippen LogP) is 3.78. The number of hydrogen-bond acceptors (Lipinski definition) is 0. The number of allylic oxidation sites excluding steroid dienone is 2. The van der Waals surface area contributed by atoms with Crippen LogP contribution in [0.4, 0.5) is 0 Å². The summed E-state index contributed by atoms with van der Waals surface area (Å²) in [6.07, 6.45) is 15.4. The molecule has 0 heteroatoms. The second kappa shape index (κ2) is 3.15. The minimum atomic E-state index is 1.08. The quantitative estimate of drug-likeness (QED) is 0.493. The fraction of sp³-hybridized carbons (Fsp3) is 0.846. The second-order valence-electron chi connectivity index (χ2n) is 5.31. The van der Waals surface area contributed by atoms with Crippen molar-refractivity contribution in [1.82, 2.24) is 0 Å². The van der Waals surface area contributed by atoms with Gasteiger partial charge in [-0.05, 0) is 49.4 Å². The lowest BCUT2D eigenvalue weighted by atomic mass is 9.75. The Bertz CT molecular complexity index is 216. The average molecular weight is 176 g/mol.